The molecule has 12 heavy (non-hydrogen) atoms. The summed E-state index contributed by atoms with van der Waals surface area (Å²) in [6.07, 6.45) is 0. The highest BCUT2D eigenvalue weighted by Gasteiger charge is 1.97. The number of aliphatic hydroxyl groups is 2. The minimum absolute atomic E-state index is 0.0764. The molecule has 1 unspecified atom stereocenters. The molecule has 74 valence electrons. The van der Waals surface area contributed by atoms with Crippen LogP contribution >= 0.6 is 0 Å². The minimum atomic E-state index is 0.0764. The molecule has 0 spiro atoms. The SMILES string of the molecule is CC(CO)CNCCOCCO. The third-order valence-corrected chi connectivity index (χ3v) is 1.46. The molecule has 0 radical (unpaired) electrons. The van der Waals surface area contributed by atoms with Gasteiger partial charge in [0, 0.05) is 13.2 Å². The average Bonchev–Trinajstić information content (AvgIpc) is 2.10. The molecule has 0 aliphatic carbocycles. The van der Waals surface area contributed by atoms with Crippen LogP contribution in [0.15, 0.2) is 0 Å². The molecule has 3 N–H and O–H groups in total. The first-order chi connectivity index (χ1) is 5.81. The van der Waals surface area contributed by atoms with Crippen LogP contribution in [0.4, 0.5) is 0 Å². The summed E-state index contributed by atoms with van der Waals surface area (Å²) in [6.45, 7) is 4.85. The molecule has 4 nitrogen and oxygen atoms in total. The van der Waals surface area contributed by atoms with E-state index >= 15 is 0 Å². The van der Waals surface area contributed by atoms with Gasteiger partial charge in [-0.1, -0.05) is 6.92 Å². The van der Waals surface area contributed by atoms with Crippen molar-refractivity contribution in [3.8, 4) is 0 Å². The van der Waals surface area contributed by atoms with Gasteiger partial charge in [0.15, 0.2) is 0 Å². The summed E-state index contributed by atoms with van der Waals surface area (Å²) in [5.41, 5.74) is 0. The maximum absolute atomic E-state index is 8.67. The van der Waals surface area contributed by atoms with E-state index in [9.17, 15) is 0 Å². The van der Waals surface area contributed by atoms with Gasteiger partial charge < -0.3 is 20.3 Å². The van der Waals surface area contributed by atoms with Gasteiger partial charge in [-0.25, -0.2) is 0 Å². The van der Waals surface area contributed by atoms with Crippen molar-refractivity contribution in [3.05, 3.63) is 0 Å². The van der Waals surface area contributed by atoms with Crippen LogP contribution in [0.1, 0.15) is 6.92 Å². The van der Waals surface area contributed by atoms with E-state index < -0.39 is 0 Å². The number of rotatable bonds is 8. The molecule has 0 aromatic carbocycles. The smallest absolute Gasteiger partial charge is 0.0698 e. The predicted molar refractivity (Wildman–Crippen MR) is 47.0 cm³/mol. The van der Waals surface area contributed by atoms with E-state index in [1.165, 1.54) is 0 Å². The van der Waals surface area contributed by atoms with Crippen LogP contribution in [0.2, 0.25) is 0 Å². The molecule has 0 aromatic rings. The van der Waals surface area contributed by atoms with Crippen molar-refractivity contribution in [2.75, 3.05) is 39.5 Å². The molecule has 0 fully saturated rings. The Morgan fingerprint density at radius 2 is 2.08 bits per heavy atom. The monoisotopic (exact) mass is 177 g/mol. The minimum Gasteiger partial charge on any atom is -0.396 e. The lowest BCUT2D eigenvalue weighted by Gasteiger charge is -2.09. The Balaban J connectivity index is 2.90. The van der Waals surface area contributed by atoms with Crippen LogP contribution in [0.25, 0.3) is 0 Å². The highest BCUT2D eigenvalue weighted by atomic mass is 16.5. The summed E-state index contributed by atoms with van der Waals surface area (Å²) < 4.78 is 5.02. The maximum Gasteiger partial charge on any atom is 0.0698 e. The molecule has 0 saturated heterocycles. The topological polar surface area (TPSA) is 61.7 Å². The normalized spacial score (nSPS) is 13.2. The number of aliphatic hydroxyl groups excluding tert-OH is 2. The summed E-state index contributed by atoms with van der Waals surface area (Å²) in [5, 5.41) is 20.2. The fourth-order valence-electron chi connectivity index (χ4n) is 0.724. The van der Waals surface area contributed by atoms with Gasteiger partial charge in [0.1, 0.15) is 0 Å². The summed E-state index contributed by atoms with van der Waals surface area (Å²) in [4.78, 5) is 0. The van der Waals surface area contributed by atoms with E-state index in [1.54, 1.807) is 0 Å². The molecule has 0 aliphatic rings. The zero-order valence-corrected chi connectivity index (χ0v) is 7.62. The largest absolute Gasteiger partial charge is 0.396 e. The first-order valence-corrected chi connectivity index (χ1v) is 4.31. The third-order valence-electron chi connectivity index (χ3n) is 1.46. The highest BCUT2D eigenvalue weighted by Crippen LogP contribution is 1.87. The van der Waals surface area contributed by atoms with Gasteiger partial charge in [0.2, 0.25) is 0 Å². The first-order valence-electron chi connectivity index (χ1n) is 4.31. The number of nitrogens with one attached hydrogen (secondary N) is 1. The molecule has 0 amide bonds. The zero-order valence-electron chi connectivity index (χ0n) is 7.62. The standard InChI is InChI=1S/C8H19NO3/c1-8(7-11)6-9-2-4-12-5-3-10/h8-11H,2-7H2,1H3. The predicted octanol–water partition coefficient (Wildman–Crippen LogP) is -0.787. The van der Waals surface area contributed by atoms with Crippen molar-refractivity contribution in [2.45, 2.75) is 6.92 Å². The molecule has 0 saturated carbocycles. The van der Waals surface area contributed by atoms with Gasteiger partial charge in [-0.15, -0.1) is 0 Å². The molecule has 0 aromatic heterocycles. The van der Waals surface area contributed by atoms with Gasteiger partial charge in [0.05, 0.1) is 19.8 Å². The molecule has 4 heteroatoms. The van der Waals surface area contributed by atoms with Crippen molar-refractivity contribution in [3.63, 3.8) is 0 Å². The molecular weight excluding hydrogens is 158 g/mol. The van der Waals surface area contributed by atoms with Crippen LogP contribution in [0, 0.1) is 5.92 Å². The highest BCUT2D eigenvalue weighted by molar-refractivity contribution is 4.53. The van der Waals surface area contributed by atoms with E-state index in [1.807, 2.05) is 6.92 Å². The quantitative estimate of drug-likeness (QED) is 0.425. The van der Waals surface area contributed by atoms with Gasteiger partial charge in [0.25, 0.3) is 0 Å². The van der Waals surface area contributed by atoms with Crippen LogP contribution in [0.3, 0.4) is 0 Å². The Morgan fingerprint density at radius 3 is 2.67 bits per heavy atom. The fraction of sp³-hybridized carbons (Fsp3) is 1.00. The van der Waals surface area contributed by atoms with E-state index in [4.69, 9.17) is 14.9 Å². The number of hydrogen-bond acceptors (Lipinski definition) is 4. The van der Waals surface area contributed by atoms with Crippen molar-refractivity contribution >= 4 is 0 Å². The molecule has 0 bridgehead atoms. The van der Waals surface area contributed by atoms with Crippen LogP contribution in [0.5, 0.6) is 0 Å². The molecule has 1 atom stereocenters. The lowest BCUT2D eigenvalue weighted by molar-refractivity contribution is 0.0930. The molecule has 0 aliphatic heterocycles. The third kappa shape index (κ3) is 7.94. The van der Waals surface area contributed by atoms with E-state index in [0.717, 1.165) is 13.1 Å². The lowest BCUT2D eigenvalue weighted by Crippen LogP contribution is -2.26. The Labute approximate surface area is 73.5 Å². The second kappa shape index (κ2) is 8.93. The Bertz CT molecular complexity index is 90.4. The summed E-state index contributed by atoms with van der Waals surface area (Å²) in [6, 6.07) is 0. The molecule has 0 rings (SSSR count). The molecule has 0 heterocycles. The Hall–Kier alpha value is -0.160. The van der Waals surface area contributed by atoms with Crippen LogP contribution in [-0.2, 0) is 4.74 Å². The summed E-state index contributed by atoms with van der Waals surface area (Å²) in [7, 11) is 0. The Kier molecular flexibility index (Phi) is 8.81. The first kappa shape index (κ1) is 11.8. The lowest BCUT2D eigenvalue weighted by atomic mass is 10.2. The molecular formula is C8H19NO3. The van der Waals surface area contributed by atoms with Gasteiger partial charge in [-0.05, 0) is 12.5 Å². The number of hydrogen-bond donors (Lipinski definition) is 3. The number of ether oxygens (including phenoxy) is 1. The van der Waals surface area contributed by atoms with Gasteiger partial charge in [-0.3, -0.25) is 0 Å². The van der Waals surface area contributed by atoms with E-state index in [2.05, 4.69) is 5.32 Å². The summed E-state index contributed by atoms with van der Waals surface area (Å²) in [5.74, 6) is 0.294. The van der Waals surface area contributed by atoms with Gasteiger partial charge in [-0.2, -0.15) is 0 Å². The Morgan fingerprint density at radius 1 is 1.33 bits per heavy atom. The van der Waals surface area contributed by atoms with Crippen molar-refractivity contribution in [1.29, 1.82) is 0 Å². The van der Waals surface area contributed by atoms with E-state index in [0.29, 0.717) is 19.1 Å². The van der Waals surface area contributed by atoms with Crippen LogP contribution in [-0.4, -0.2) is 49.7 Å². The van der Waals surface area contributed by atoms with Crippen molar-refractivity contribution in [2.24, 2.45) is 5.92 Å². The maximum atomic E-state index is 8.67. The second-order valence-electron chi connectivity index (χ2n) is 2.83. The van der Waals surface area contributed by atoms with Gasteiger partial charge >= 0.3 is 0 Å². The zero-order chi connectivity index (χ0) is 9.23. The van der Waals surface area contributed by atoms with Crippen molar-refractivity contribution < 1.29 is 14.9 Å². The van der Waals surface area contributed by atoms with Crippen LogP contribution < -0.4 is 5.32 Å². The summed E-state index contributed by atoms with van der Waals surface area (Å²) >= 11 is 0. The average molecular weight is 177 g/mol. The van der Waals surface area contributed by atoms with Crippen molar-refractivity contribution in [1.82, 2.24) is 5.32 Å². The fourth-order valence-corrected chi connectivity index (χ4v) is 0.724. The second-order valence-corrected chi connectivity index (χ2v) is 2.83. The van der Waals surface area contributed by atoms with E-state index in [-0.39, 0.29) is 13.2 Å².